The van der Waals surface area contributed by atoms with Gasteiger partial charge in [-0.3, -0.25) is 4.79 Å². The van der Waals surface area contributed by atoms with Gasteiger partial charge in [-0.25, -0.2) is 0 Å². The van der Waals surface area contributed by atoms with E-state index in [4.69, 9.17) is 5.11 Å². The largest absolute Gasteiger partial charge is 0.391 e. The third-order valence-electron chi connectivity index (χ3n) is 1.47. The number of thiophene rings is 1. The second-order valence-corrected chi connectivity index (χ2v) is 3.67. The molecule has 3 nitrogen and oxygen atoms in total. The van der Waals surface area contributed by atoms with E-state index in [0.29, 0.717) is 6.54 Å². The SMILES string of the molecule is CC(=O)NCC#Cc1csc(CO)c1. The Bertz CT molecular complexity index is 373. The molecule has 0 aromatic carbocycles. The second-order valence-electron chi connectivity index (χ2n) is 2.67. The number of aliphatic hydroxyl groups excluding tert-OH is 1. The molecule has 0 fully saturated rings. The van der Waals surface area contributed by atoms with E-state index in [1.54, 1.807) is 0 Å². The number of aliphatic hydroxyl groups is 1. The normalized spacial score (nSPS) is 9.00. The van der Waals surface area contributed by atoms with Crippen LogP contribution in [0.15, 0.2) is 11.4 Å². The Morgan fingerprint density at radius 3 is 3.07 bits per heavy atom. The van der Waals surface area contributed by atoms with Crippen molar-refractivity contribution < 1.29 is 9.90 Å². The van der Waals surface area contributed by atoms with Gasteiger partial charge in [0.25, 0.3) is 0 Å². The van der Waals surface area contributed by atoms with E-state index in [2.05, 4.69) is 17.2 Å². The summed E-state index contributed by atoms with van der Waals surface area (Å²) in [6.45, 7) is 1.87. The lowest BCUT2D eigenvalue weighted by atomic mass is 10.3. The van der Waals surface area contributed by atoms with Gasteiger partial charge in [-0.1, -0.05) is 11.8 Å². The van der Waals surface area contributed by atoms with Gasteiger partial charge in [0.2, 0.25) is 5.91 Å². The minimum atomic E-state index is -0.0827. The Hall–Kier alpha value is -1.31. The molecule has 0 aliphatic carbocycles. The molecular weight excluding hydrogens is 198 g/mol. The zero-order valence-corrected chi connectivity index (χ0v) is 8.65. The lowest BCUT2D eigenvalue weighted by Gasteiger charge is -1.90. The van der Waals surface area contributed by atoms with Crippen LogP contribution in [0.4, 0.5) is 0 Å². The summed E-state index contributed by atoms with van der Waals surface area (Å²) in [4.78, 5) is 11.4. The van der Waals surface area contributed by atoms with Gasteiger partial charge in [0, 0.05) is 22.7 Å². The quantitative estimate of drug-likeness (QED) is 0.705. The first-order valence-corrected chi connectivity index (χ1v) is 5.02. The zero-order valence-electron chi connectivity index (χ0n) is 7.83. The summed E-state index contributed by atoms with van der Waals surface area (Å²) in [5.41, 5.74) is 0.879. The van der Waals surface area contributed by atoms with Crippen molar-refractivity contribution in [2.45, 2.75) is 13.5 Å². The second kappa shape index (κ2) is 5.43. The molecule has 0 saturated heterocycles. The molecule has 1 heterocycles. The Balaban J connectivity index is 2.46. The van der Waals surface area contributed by atoms with Crippen LogP contribution >= 0.6 is 11.3 Å². The van der Waals surface area contributed by atoms with Crippen molar-refractivity contribution in [3.63, 3.8) is 0 Å². The van der Waals surface area contributed by atoms with Crippen molar-refractivity contribution in [3.8, 4) is 11.8 Å². The van der Waals surface area contributed by atoms with Gasteiger partial charge in [-0.15, -0.1) is 11.3 Å². The lowest BCUT2D eigenvalue weighted by molar-refractivity contribution is -0.118. The van der Waals surface area contributed by atoms with E-state index in [-0.39, 0.29) is 12.5 Å². The van der Waals surface area contributed by atoms with Crippen LogP contribution in [-0.2, 0) is 11.4 Å². The fourth-order valence-electron chi connectivity index (χ4n) is 0.844. The molecule has 0 bridgehead atoms. The van der Waals surface area contributed by atoms with Crippen molar-refractivity contribution in [3.05, 3.63) is 21.9 Å². The van der Waals surface area contributed by atoms with Crippen LogP contribution in [-0.4, -0.2) is 17.6 Å². The molecule has 0 aliphatic rings. The Kier molecular flexibility index (Phi) is 4.17. The fourth-order valence-corrected chi connectivity index (χ4v) is 1.52. The minimum absolute atomic E-state index is 0.0536. The summed E-state index contributed by atoms with van der Waals surface area (Å²) in [6.07, 6.45) is 0. The van der Waals surface area contributed by atoms with E-state index in [1.807, 2.05) is 11.4 Å². The molecule has 0 spiro atoms. The van der Waals surface area contributed by atoms with Gasteiger partial charge >= 0.3 is 0 Å². The van der Waals surface area contributed by atoms with Crippen LogP contribution < -0.4 is 5.32 Å². The topological polar surface area (TPSA) is 49.3 Å². The maximum atomic E-state index is 10.5. The van der Waals surface area contributed by atoms with Crippen molar-refractivity contribution >= 4 is 17.2 Å². The third kappa shape index (κ3) is 3.60. The predicted octanol–water partition coefficient (Wildman–Crippen LogP) is 0.728. The van der Waals surface area contributed by atoms with Crippen molar-refractivity contribution in [1.29, 1.82) is 0 Å². The molecule has 0 unspecified atom stereocenters. The van der Waals surface area contributed by atoms with E-state index in [9.17, 15) is 4.79 Å². The summed E-state index contributed by atoms with van der Waals surface area (Å²) in [5, 5.41) is 13.3. The molecule has 4 heteroatoms. The molecule has 74 valence electrons. The number of hydrogen-bond donors (Lipinski definition) is 2. The summed E-state index contributed by atoms with van der Waals surface area (Å²) in [7, 11) is 0. The van der Waals surface area contributed by atoms with Crippen molar-refractivity contribution in [2.75, 3.05) is 6.54 Å². The fraction of sp³-hybridized carbons (Fsp3) is 0.300. The van der Waals surface area contributed by atoms with Crippen LogP contribution in [0.2, 0.25) is 0 Å². The Morgan fingerprint density at radius 2 is 2.50 bits per heavy atom. The molecule has 2 N–H and O–H groups in total. The summed E-state index contributed by atoms with van der Waals surface area (Å²) in [5.74, 6) is 5.62. The average molecular weight is 209 g/mol. The van der Waals surface area contributed by atoms with Crippen LogP contribution in [0, 0.1) is 11.8 Å². The number of nitrogens with one attached hydrogen (secondary N) is 1. The molecule has 0 atom stereocenters. The van der Waals surface area contributed by atoms with Gasteiger partial charge in [-0.2, -0.15) is 0 Å². The molecular formula is C10H11NO2S. The first-order chi connectivity index (χ1) is 6.72. The molecule has 1 rings (SSSR count). The van der Waals surface area contributed by atoms with Gasteiger partial charge in [0.15, 0.2) is 0 Å². The van der Waals surface area contributed by atoms with Gasteiger partial charge in [0.1, 0.15) is 0 Å². The molecule has 1 aromatic heterocycles. The molecule has 1 amide bonds. The van der Waals surface area contributed by atoms with E-state index in [1.165, 1.54) is 18.3 Å². The third-order valence-corrected chi connectivity index (χ3v) is 2.39. The molecule has 0 radical (unpaired) electrons. The highest BCUT2D eigenvalue weighted by Crippen LogP contribution is 2.12. The first kappa shape index (κ1) is 10.8. The molecule has 0 saturated carbocycles. The highest BCUT2D eigenvalue weighted by Gasteiger charge is 1.94. The molecule has 0 aliphatic heterocycles. The van der Waals surface area contributed by atoms with Crippen LogP contribution in [0.25, 0.3) is 0 Å². The number of carbonyl (C=O) groups is 1. The average Bonchev–Trinajstić information content (AvgIpc) is 2.60. The maximum absolute atomic E-state index is 10.5. The van der Waals surface area contributed by atoms with Crippen molar-refractivity contribution in [2.24, 2.45) is 0 Å². The summed E-state index contributed by atoms with van der Waals surface area (Å²) >= 11 is 1.47. The summed E-state index contributed by atoms with van der Waals surface area (Å²) < 4.78 is 0. The lowest BCUT2D eigenvalue weighted by Crippen LogP contribution is -2.19. The molecule has 1 aromatic rings. The standard InChI is InChI=1S/C10H11NO2S/c1-8(13)11-4-2-3-9-5-10(6-12)14-7-9/h5,7,12H,4,6H2,1H3,(H,11,13). The van der Waals surface area contributed by atoms with Crippen molar-refractivity contribution in [1.82, 2.24) is 5.32 Å². The van der Waals surface area contributed by atoms with Gasteiger partial charge in [0.05, 0.1) is 13.2 Å². The highest BCUT2D eigenvalue weighted by atomic mass is 32.1. The maximum Gasteiger partial charge on any atom is 0.217 e. The van der Waals surface area contributed by atoms with E-state index < -0.39 is 0 Å². The Morgan fingerprint density at radius 1 is 1.71 bits per heavy atom. The zero-order chi connectivity index (χ0) is 10.4. The van der Waals surface area contributed by atoms with Crippen LogP contribution in [0.5, 0.6) is 0 Å². The van der Waals surface area contributed by atoms with Crippen LogP contribution in [0.1, 0.15) is 17.4 Å². The number of rotatable bonds is 2. The number of carbonyl (C=O) groups excluding carboxylic acids is 1. The molecule has 14 heavy (non-hydrogen) atoms. The highest BCUT2D eigenvalue weighted by molar-refractivity contribution is 7.10. The monoisotopic (exact) mass is 209 g/mol. The Labute approximate surface area is 86.8 Å². The van der Waals surface area contributed by atoms with Gasteiger partial charge in [-0.05, 0) is 6.07 Å². The smallest absolute Gasteiger partial charge is 0.217 e. The summed E-state index contributed by atoms with van der Waals surface area (Å²) in [6, 6.07) is 1.84. The number of hydrogen-bond acceptors (Lipinski definition) is 3. The number of amides is 1. The van der Waals surface area contributed by atoms with E-state index >= 15 is 0 Å². The van der Waals surface area contributed by atoms with E-state index in [0.717, 1.165) is 10.4 Å². The minimum Gasteiger partial charge on any atom is -0.391 e. The predicted molar refractivity (Wildman–Crippen MR) is 55.8 cm³/mol. The van der Waals surface area contributed by atoms with Gasteiger partial charge < -0.3 is 10.4 Å². The first-order valence-electron chi connectivity index (χ1n) is 4.14. The van der Waals surface area contributed by atoms with Crippen LogP contribution in [0.3, 0.4) is 0 Å².